The molecule has 0 spiro atoms. The molecule has 25 heavy (non-hydrogen) atoms. The lowest BCUT2D eigenvalue weighted by Gasteiger charge is -2.23. The fourth-order valence-electron chi connectivity index (χ4n) is 2.21. The molecule has 2 rings (SSSR count). The van der Waals surface area contributed by atoms with Crippen LogP contribution in [0.1, 0.15) is 47.2 Å². The largest absolute Gasteiger partial charge is 0.324 e. The van der Waals surface area contributed by atoms with Crippen LogP contribution in [0.15, 0.2) is 24.3 Å². The quantitative estimate of drug-likeness (QED) is 0.680. The monoisotopic (exact) mass is 382 g/mol. The van der Waals surface area contributed by atoms with Crippen molar-refractivity contribution >= 4 is 40.7 Å². The molecule has 1 heterocycles. The molecular formula is C18H24Cl2N4O. The van der Waals surface area contributed by atoms with E-state index in [0.29, 0.717) is 21.6 Å². The Morgan fingerprint density at radius 3 is 2.20 bits per heavy atom. The molecule has 0 aliphatic heterocycles. The summed E-state index contributed by atoms with van der Waals surface area (Å²) in [5.41, 5.74) is 0.996. The molecule has 1 aromatic carbocycles. The zero-order valence-electron chi connectivity index (χ0n) is 15.4. The van der Waals surface area contributed by atoms with E-state index in [9.17, 15) is 4.79 Å². The molecule has 1 aromatic heterocycles. The lowest BCUT2D eigenvalue weighted by molar-refractivity contribution is 0.261. The van der Waals surface area contributed by atoms with Crippen molar-refractivity contribution in [3.05, 3.63) is 40.0 Å². The van der Waals surface area contributed by atoms with Crippen LogP contribution in [-0.4, -0.2) is 15.8 Å². The minimum atomic E-state index is -0.393. The molecule has 0 bridgehead atoms. The van der Waals surface area contributed by atoms with Gasteiger partial charge in [-0.05, 0) is 39.0 Å². The number of rotatable bonds is 2. The predicted molar refractivity (Wildman–Crippen MR) is 105 cm³/mol. The molecule has 0 aliphatic carbocycles. The van der Waals surface area contributed by atoms with Crippen LogP contribution in [0.5, 0.6) is 0 Å². The summed E-state index contributed by atoms with van der Waals surface area (Å²) in [6.45, 7) is 12.3. The van der Waals surface area contributed by atoms with Crippen molar-refractivity contribution in [2.75, 3.05) is 10.6 Å². The molecule has 0 aliphatic rings. The van der Waals surface area contributed by atoms with Gasteiger partial charge in [-0.1, -0.05) is 44.0 Å². The smallest absolute Gasteiger partial charge is 0.306 e. The SMILES string of the molecule is CC(C)(C)c1cc(NC(=O)Nc2ccc(Cl)cc2Cl)n(C(C)(C)C)n1. The number of carbonyl (C=O) groups excluding carboxylic acids is 1. The number of anilines is 2. The van der Waals surface area contributed by atoms with Crippen molar-refractivity contribution in [1.29, 1.82) is 0 Å². The molecule has 2 aromatic rings. The molecule has 0 saturated heterocycles. The van der Waals surface area contributed by atoms with Crippen molar-refractivity contribution in [3.8, 4) is 0 Å². The van der Waals surface area contributed by atoms with Crippen molar-refractivity contribution < 1.29 is 4.79 Å². The molecular weight excluding hydrogens is 359 g/mol. The average Bonchev–Trinajstić information content (AvgIpc) is 2.86. The van der Waals surface area contributed by atoms with Gasteiger partial charge in [0.15, 0.2) is 0 Å². The number of hydrogen-bond acceptors (Lipinski definition) is 2. The Balaban J connectivity index is 2.26. The maximum absolute atomic E-state index is 12.4. The molecule has 5 nitrogen and oxygen atoms in total. The van der Waals surface area contributed by atoms with Crippen molar-refractivity contribution in [2.24, 2.45) is 0 Å². The number of amides is 2. The van der Waals surface area contributed by atoms with E-state index in [1.165, 1.54) is 0 Å². The second-order valence-electron chi connectivity index (χ2n) is 7.95. The first kappa shape index (κ1) is 19.6. The van der Waals surface area contributed by atoms with Gasteiger partial charge in [0.1, 0.15) is 5.82 Å². The summed E-state index contributed by atoms with van der Waals surface area (Å²) in [5, 5.41) is 11.2. The number of aromatic nitrogens is 2. The van der Waals surface area contributed by atoms with Gasteiger partial charge in [-0.25, -0.2) is 9.48 Å². The fourth-order valence-corrected chi connectivity index (χ4v) is 2.66. The molecule has 0 saturated carbocycles. The number of urea groups is 1. The number of carbonyl (C=O) groups is 1. The molecule has 0 radical (unpaired) electrons. The van der Waals surface area contributed by atoms with Gasteiger partial charge in [-0.2, -0.15) is 5.10 Å². The Morgan fingerprint density at radius 2 is 1.68 bits per heavy atom. The number of hydrogen-bond donors (Lipinski definition) is 2. The summed E-state index contributed by atoms with van der Waals surface area (Å²) in [6, 6.07) is 6.41. The zero-order valence-corrected chi connectivity index (χ0v) is 16.9. The molecule has 0 unspecified atom stereocenters. The van der Waals surface area contributed by atoms with E-state index < -0.39 is 6.03 Å². The van der Waals surface area contributed by atoms with Crippen LogP contribution in [0.4, 0.5) is 16.3 Å². The van der Waals surface area contributed by atoms with E-state index in [1.807, 2.05) is 31.5 Å². The van der Waals surface area contributed by atoms with E-state index in [2.05, 4.69) is 36.5 Å². The van der Waals surface area contributed by atoms with Crippen LogP contribution >= 0.6 is 23.2 Å². The summed E-state index contributed by atoms with van der Waals surface area (Å²) in [4.78, 5) is 12.4. The lowest BCUT2D eigenvalue weighted by Crippen LogP contribution is -2.28. The van der Waals surface area contributed by atoms with E-state index in [0.717, 1.165) is 5.69 Å². The van der Waals surface area contributed by atoms with Crippen LogP contribution in [0.3, 0.4) is 0 Å². The van der Waals surface area contributed by atoms with E-state index in [4.69, 9.17) is 23.2 Å². The van der Waals surface area contributed by atoms with Gasteiger partial charge < -0.3 is 5.32 Å². The summed E-state index contributed by atoms with van der Waals surface area (Å²) in [5.74, 6) is 0.625. The Hall–Kier alpha value is -1.72. The van der Waals surface area contributed by atoms with Crippen LogP contribution in [0.2, 0.25) is 10.0 Å². The summed E-state index contributed by atoms with van der Waals surface area (Å²) in [6.07, 6.45) is 0. The minimum absolute atomic E-state index is 0.122. The topological polar surface area (TPSA) is 59.0 Å². The highest BCUT2D eigenvalue weighted by atomic mass is 35.5. The van der Waals surface area contributed by atoms with Crippen LogP contribution in [0, 0.1) is 0 Å². The Kier molecular flexibility index (Phi) is 5.40. The molecule has 2 N–H and O–H groups in total. The first-order chi connectivity index (χ1) is 11.4. The van der Waals surface area contributed by atoms with Gasteiger partial charge in [-0.3, -0.25) is 5.32 Å². The Labute approximate surface area is 158 Å². The van der Waals surface area contributed by atoms with E-state index >= 15 is 0 Å². The highest BCUT2D eigenvalue weighted by Crippen LogP contribution is 2.29. The second kappa shape index (κ2) is 6.89. The number of nitrogens with zero attached hydrogens (tertiary/aromatic N) is 2. The van der Waals surface area contributed by atoms with Gasteiger partial charge in [0.25, 0.3) is 0 Å². The molecule has 0 fully saturated rings. The minimum Gasteiger partial charge on any atom is -0.306 e. The molecule has 136 valence electrons. The lowest BCUT2D eigenvalue weighted by atomic mass is 9.92. The normalized spacial score (nSPS) is 12.2. The second-order valence-corrected chi connectivity index (χ2v) is 8.79. The van der Waals surface area contributed by atoms with Gasteiger partial charge in [0.2, 0.25) is 0 Å². The third-order valence-electron chi connectivity index (χ3n) is 3.53. The average molecular weight is 383 g/mol. The zero-order chi connectivity index (χ0) is 19.0. The Bertz CT molecular complexity index is 785. The molecule has 7 heteroatoms. The van der Waals surface area contributed by atoms with Gasteiger partial charge in [0, 0.05) is 16.5 Å². The summed E-state index contributed by atoms with van der Waals surface area (Å²) < 4.78 is 1.82. The number of halogens is 2. The molecule has 0 atom stereocenters. The predicted octanol–water partition coefficient (Wildman–Crippen LogP) is 5.89. The van der Waals surface area contributed by atoms with Crippen molar-refractivity contribution in [1.82, 2.24) is 9.78 Å². The van der Waals surface area contributed by atoms with Crippen LogP contribution in [0.25, 0.3) is 0 Å². The van der Waals surface area contributed by atoms with Crippen molar-refractivity contribution in [3.63, 3.8) is 0 Å². The standard InChI is InChI=1S/C18H24Cl2N4O/c1-17(2,3)14-10-15(24(23-14)18(4,5)6)22-16(25)21-13-8-7-11(19)9-12(13)20/h7-10H,1-6H3,(H2,21,22,25). The van der Waals surface area contributed by atoms with Crippen LogP contribution < -0.4 is 10.6 Å². The Morgan fingerprint density at radius 1 is 1.04 bits per heavy atom. The van der Waals surface area contributed by atoms with Crippen molar-refractivity contribution in [2.45, 2.75) is 52.5 Å². The summed E-state index contributed by atoms with van der Waals surface area (Å²) in [7, 11) is 0. The number of nitrogens with one attached hydrogen (secondary N) is 2. The number of benzene rings is 1. The maximum atomic E-state index is 12.4. The van der Waals surface area contributed by atoms with Gasteiger partial charge >= 0.3 is 6.03 Å². The van der Waals surface area contributed by atoms with Crippen LogP contribution in [-0.2, 0) is 11.0 Å². The highest BCUT2D eigenvalue weighted by molar-refractivity contribution is 6.36. The van der Waals surface area contributed by atoms with Gasteiger partial charge in [-0.15, -0.1) is 0 Å². The van der Waals surface area contributed by atoms with E-state index in [1.54, 1.807) is 18.2 Å². The fraction of sp³-hybridized carbons (Fsp3) is 0.444. The van der Waals surface area contributed by atoms with Gasteiger partial charge in [0.05, 0.1) is 21.9 Å². The molecule has 2 amide bonds. The maximum Gasteiger partial charge on any atom is 0.324 e. The highest BCUT2D eigenvalue weighted by Gasteiger charge is 2.25. The third kappa shape index (κ3) is 4.89. The van der Waals surface area contributed by atoms with E-state index in [-0.39, 0.29) is 11.0 Å². The first-order valence-corrected chi connectivity index (χ1v) is 8.77. The third-order valence-corrected chi connectivity index (χ3v) is 4.08. The first-order valence-electron chi connectivity index (χ1n) is 8.02. The summed E-state index contributed by atoms with van der Waals surface area (Å²) >= 11 is 12.0.